The van der Waals surface area contributed by atoms with Crippen molar-refractivity contribution < 1.29 is 60.3 Å². The lowest BCUT2D eigenvalue weighted by Crippen LogP contribution is -2.50. The smallest absolute Gasteiger partial charge is 0.197 e. The topological polar surface area (TPSA) is 254 Å². The molecule has 0 amide bonds. The summed E-state index contributed by atoms with van der Waals surface area (Å²) < 4.78 is 1.98. The maximum atomic E-state index is 13.8. The van der Waals surface area contributed by atoms with Crippen LogP contribution in [-0.4, -0.2) is 130 Å². The molecule has 10 aromatic carbocycles. The van der Waals surface area contributed by atoms with Gasteiger partial charge in [0.25, 0.3) is 0 Å². The number of para-hydroxylation sites is 3. The van der Waals surface area contributed by atoms with Gasteiger partial charge in [0.1, 0.15) is 57.8 Å². The van der Waals surface area contributed by atoms with E-state index in [-0.39, 0.29) is 103 Å². The lowest BCUT2D eigenvalue weighted by atomic mass is 9.81. The van der Waals surface area contributed by atoms with Crippen LogP contribution in [0.3, 0.4) is 0 Å². The Kier molecular flexibility index (Phi) is 24.9. The number of nitrogens with zero attached hydrogens (tertiary/aromatic N) is 6. The lowest BCUT2D eigenvalue weighted by Gasteiger charge is -2.39. The number of ketones is 3. The van der Waals surface area contributed by atoms with Crippen LogP contribution in [0, 0.1) is 37.5 Å². The van der Waals surface area contributed by atoms with Crippen LogP contribution in [0.25, 0.3) is 55.0 Å². The molecule has 14 rings (SSSR count). The van der Waals surface area contributed by atoms with Crippen LogP contribution in [0.15, 0.2) is 224 Å². The maximum absolute atomic E-state index is 13.8. The Balaban J connectivity index is 0.000000158. The van der Waals surface area contributed by atoms with Crippen LogP contribution >= 0.6 is 0 Å². The number of unbranched alkanes of at least 4 members (excludes halogenated alkanes) is 2. The van der Waals surface area contributed by atoms with Gasteiger partial charge in [0.05, 0.1) is 55.8 Å². The summed E-state index contributed by atoms with van der Waals surface area (Å²) in [5.41, 5.74) is 8.78. The average molecular weight is 1540 g/mol. The Labute approximate surface area is 668 Å². The molecule has 18 nitrogen and oxygen atoms in total. The number of anilines is 6. The summed E-state index contributed by atoms with van der Waals surface area (Å²) in [5, 5.41) is 104. The van der Waals surface area contributed by atoms with Crippen LogP contribution in [0.1, 0.15) is 123 Å². The van der Waals surface area contributed by atoms with Crippen LogP contribution in [0.2, 0.25) is 0 Å². The van der Waals surface area contributed by atoms with Crippen LogP contribution < -0.4 is 19.6 Å². The van der Waals surface area contributed by atoms with Crippen LogP contribution in [-0.2, 0) is 14.4 Å². The number of carbonyl (C=O) groups excluding carboxylic acids is 3. The van der Waals surface area contributed by atoms with Gasteiger partial charge in [-0.3, -0.25) is 19.3 Å². The van der Waals surface area contributed by atoms with Crippen LogP contribution in [0.5, 0.6) is 34.5 Å². The van der Waals surface area contributed by atoms with Gasteiger partial charge in [0.15, 0.2) is 29.4 Å². The fourth-order valence-corrected chi connectivity index (χ4v) is 15.9. The molecule has 1 aromatic heterocycles. The molecule has 0 fully saturated rings. The largest absolute Gasteiger partial charge is 0.509 e. The van der Waals surface area contributed by atoms with E-state index in [9.17, 15) is 60.3 Å². The number of aromatic nitrogens is 1. The Morgan fingerprint density at radius 2 is 0.684 bits per heavy atom. The van der Waals surface area contributed by atoms with Crippen molar-refractivity contribution in [2.45, 2.75) is 127 Å². The molecule has 3 unspecified atom stereocenters. The lowest BCUT2D eigenvalue weighted by molar-refractivity contribution is -0.121. The highest BCUT2D eigenvalue weighted by molar-refractivity contribution is 6.35. The molecule has 592 valence electrons. The predicted octanol–water partition coefficient (Wildman–Crippen LogP) is 20.6. The molecule has 11 aromatic rings. The second-order valence-electron chi connectivity index (χ2n) is 31.9. The zero-order valence-corrected chi connectivity index (χ0v) is 67.2. The number of hydrogen-bond donors (Lipinski definition) is 9. The van der Waals surface area contributed by atoms with Gasteiger partial charge in [-0.1, -0.05) is 208 Å². The van der Waals surface area contributed by atoms with Crippen molar-refractivity contribution >= 4 is 101 Å². The summed E-state index contributed by atoms with van der Waals surface area (Å²) in [7, 11) is 0. The minimum Gasteiger partial charge on any atom is -0.509 e. The van der Waals surface area contributed by atoms with E-state index in [0.717, 1.165) is 131 Å². The molecule has 18 heteroatoms. The summed E-state index contributed by atoms with van der Waals surface area (Å²) >= 11 is 0. The number of hydrogen-bond acceptors (Lipinski definition) is 17. The number of rotatable bonds is 27. The number of benzene rings is 10. The van der Waals surface area contributed by atoms with Crippen molar-refractivity contribution in [2.75, 3.05) is 58.9 Å². The van der Waals surface area contributed by atoms with Gasteiger partial charge in [0.2, 0.25) is 0 Å². The van der Waals surface area contributed by atoms with Crippen LogP contribution in [0.4, 0.5) is 34.1 Å². The van der Waals surface area contributed by atoms with Crippen molar-refractivity contribution in [3.63, 3.8) is 0 Å². The quantitative estimate of drug-likeness (QED) is 0.0232. The van der Waals surface area contributed by atoms with E-state index in [4.69, 9.17) is 0 Å². The first-order valence-corrected chi connectivity index (χ1v) is 39.7. The Morgan fingerprint density at radius 3 is 1.07 bits per heavy atom. The van der Waals surface area contributed by atoms with E-state index in [1.165, 1.54) is 0 Å². The number of aromatic hydroxyl groups is 6. The summed E-state index contributed by atoms with van der Waals surface area (Å²) in [6.07, 6.45) is 3.85. The van der Waals surface area contributed by atoms with Gasteiger partial charge in [0, 0.05) is 107 Å². The number of aliphatic hydroxyl groups is 3. The molecule has 114 heavy (non-hydrogen) atoms. The fraction of sp³-hybridized carbons (Fsp3) is 0.302. The second-order valence-corrected chi connectivity index (χ2v) is 31.9. The highest BCUT2D eigenvalue weighted by Crippen LogP contribution is 2.51. The molecule has 3 aliphatic carbocycles. The third-order valence-corrected chi connectivity index (χ3v) is 21.1. The minimum atomic E-state index is -1.000. The van der Waals surface area contributed by atoms with E-state index < -0.39 is 18.1 Å². The number of phenols is 6. The Hall–Kier alpha value is -12.2. The Bertz CT molecular complexity index is 5270. The highest BCUT2D eigenvalue weighted by atomic mass is 16.3. The maximum Gasteiger partial charge on any atom is 0.197 e. The Morgan fingerprint density at radius 1 is 0.351 bits per heavy atom. The second kappa shape index (κ2) is 34.9. The molecule has 0 bridgehead atoms. The first kappa shape index (κ1) is 81.3. The fourth-order valence-electron chi connectivity index (χ4n) is 15.9. The monoisotopic (exact) mass is 1530 g/mol. The third-order valence-electron chi connectivity index (χ3n) is 21.1. The molecule has 9 N–H and O–H groups in total. The summed E-state index contributed by atoms with van der Waals surface area (Å²) in [6.45, 7) is 29.6. The standard InChI is InChI=1S/C34H36N2O4.C32H38N2O4.C30H32N2O4/c1-21(2)19-35(20-22(3)4)25-17-28(37)30(29(38)18-25)31-33(39)32(34(31)40)36(24-13-6-5-7-14-24)27-16-10-12-23-11-8-9-15-26(23)27;1-19(2)17-33(18-20(3)4)25-15-26(35)28(27(36)16-25)29-31(37)30(32(29)38)34(23-11-7-21(5)8-12-23)24-13-9-22(6)10-14-24;1-3-5-15-31(16-6-4-2)28-29(35)27(30(28)36)26-24(33)17-19(18-25(26)34)32-22-13-9-7-11-20(22)21-12-8-10-14-23(21)32/h5-18,21-22,32,37-39H,19-20H2,1-4H3;7-16,19-20,30,35-37H,17-18H2,1-6H3;7-14,17-18,28,33-35H,3-6,15-16H2,1-2H3. The van der Waals surface area contributed by atoms with E-state index in [0.29, 0.717) is 40.7 Å². The van der Waals surface area contributed by atoms with Crippen molar-refractivity contribution in [3.8, 4) is 40.2 Å². The summed E-state index contributed by atoms with van der Waals surface area (Å²) in [4.78, 5) is 50.5. The minimum absolute atomic E-state index is 0.00164. The third kappa shape index (κ3) is 16.5. The van der Waals surface area contributed by atoms with E-state index in [1.807, 2.05) is 198 Å². The summed E-state index contributed by atoms with van der Waals surface area (Å²) in [6, 6.07) is 61.3. The highest BCUT2D eigenvalue weighted by Gasteiger charge is 2.50. The predicted molar refractivity (Wildman–Crippen MR) is 461 cm³/mol. The van der Waals surface area contributed by atoms with E-state index in [2.05, 4.69) is 79.0 Å². The van der Waals surface area contributed by atoms with Gasteiger partial charge < -0.3 is 70.1 Å². The number of Topliss-reactive ketones (excluding diaryl/α,β-unsaturated/α-hetero) is 3. The molecule has 0 saturated carbocycles. The molecular weight excluding hydrogens is 1430 g/mol. The molecule has 0 spiro atoms. The van der Waals surface area contributed by atoms with Gasteiger partial charge in [-0.25, -0.2) is 0 Å². The van der Waals surface area contributed by atoms with Crippen molar-refractivity contribution in [1.29, 1.82) is 0 Å². The van der Waals surface area contributed by atoms with E-state index in [1.54, 1.807) is 41.3 Å². The number of aliphatic hydroxyl groups excluding tert-OH is 3. The summed E-state index contributed by atoms with van der Waals surface area (Å²) in [5.74, 6) is -1.39. The normalized spacial score (nSPS) is 15.4. The van der Waals surface area contributed by atoms with E-state index >= 15 is 0 Å². The average Bonchev–Trinajstić information content (AvgIpc) is 0.801. The number of aryl methyl sites for hydroxylation is 2. The zero-order chi connectivity index (χ0) is 81.7. The zero-order valence-electron chi connectivity index (χ0n) is 67.2. The van der Waals surface area contributed by atoms with Gasteiger partial charge >= 0.3 is 0 Å². The van der Waals surface area contributed by atoms with Crippen molar-refractivity contribution in [3.05, 3.63) is 251 Å². The molecule has 0 radical (unpaired) electrons. The molecule has 0 saturated heterocycles. The number of carbonyl (C=O) groups is 3. The number of phenolic OH excluding ortho intramolecular Hbond substituents is 6. The molecule has 1 heterocycles. The molecular formula is C96H106N6O12. The first-order valence-electron chi connectivity index (χ1n) is 39.7. The molecule has 3 aliphatic rings. The van der Waals surface area contributed by atoms with Crippen molar-refractivity contribution in [1.82, 2.24) is 9.47 Å². The molecule has 0 aliphatic heterocycles. The number of fused-ring (bicyclic) bond motifs is 4. The van der Waals surface area contributed by atoms with Gasteiger partial charge in [-0.15, -0.1) is 0 Å². The SMILES string of the molecule is CC(C)CN(CC(C)C)c1cc(O)c(C2=C(O)C(N(c3ccccc3)c3cccc4ccccc34)C2=O)c(O)c1.CCCCN(CCCC)C1C(=O)C(c2c(O)cc(-n3c4ccccc4c4ccccc43)cc2O)=C1O.Cc1ccc(N(c2ccc(C)cc2)C2C(=O)C(c3c(O)cc(N(CC(C)C)CC(C)C)cc3O)=C2O)cc1. The molecule has 3 atom stereocenters. The van der Waals surface area contributed by atoms with Gasteiger partial charge in [-0.2, -0.15) is 0 Å². The first-order chi connectivity index (χ1) is 54.6. The van der Waals surface area contributed by atoms with Crippen molar-refractivity contribution in [2.24, 2.45) is 23.7 Å². The van der Waals surface area contributed by atoms with Gasteiger partial charge in [-0.05, 0) is 123 Å².